The summed E-state index contributed by atoms with van der Waals surface area (Å²) >= 11 is 0. The Balaban J connectivity index is 3.07. The lowest BCUT2D eigenvalue weighted by atomic mass is 10.1. The van der Waals surface area contributed by atoms with Crippen molar-refractivity contribution in [2.24, 2.45) is 0 Å². The summed E-state index contributed by atoms with van der Waals surface area (Å²) in [5, 5.41) is 3.20. The number of methoxy groups -OCH3 is 2. The lowest BCUT2D eigenvalue weighted by molar-refractivity contribution is 0.388. The van der Waals surface area contributed by atoms with E-state index in [4.69, 9.17) is 15.9 Å². The largest absolute Gasteiger partial charge is 0.497 e. The fraction of sp³-hybridized carbons (Fsp3) is 0.385. The maximum Gasteiger partial charge on any atom is 0.128 e. The molecule has 0 aliphatic heterocycles. The minimum atomic E-state index is -0.133. The first kappa shape index (κ1) is 12.4. The van der Waals surface area contributed by atoms with Crippen LogP contribution in [0.5, 0.6) is 11.5 Å². The molecule has 0 amide bonds. The Kier molecular flexibility index (Phi) is 4.68. The zero-order valence-electron chi connectivity index (χ0n) is 9.91. The van der Waals surface area contributed by atoms with E-state index in [1.54, 1.807) is 14.2 Å². The van der Waals surface area contributed by atoms with Crippen LogP contribution in [-0.2, 0) is 0 Å². The van der Waals surface area contributed by atoms with Crippen LogP contribution in [-0.4, -0.2) is 20.8 Å². The maximum absolute atomic E-state index is 5.49. The summed E-state index contributed by atoms with van der Waals surface area (Å²) in [6.07, 6.45) is 5.49. The maximum atomic E-state index is 5.49. The molecule has 0 bridgehead atoms. The van der Waals surface area contributed by atoms with Crippen molar-refractivity contribution in [1.82, 2.24) is 5.32 Å². The van der Waals surface area contributed by atoms with Gasteiger partial charge in [-0.1, -0.05) is 12.8 Å². The van der Waals surface area contributed by atoms with Gasteiger partial charge in [-0.05, 0) is 18.7 Å². The molecule has 0 aliphatic carbocycles. The Bertz CT molecular complexity index is 382. The first-order valence-electron chi connectivity index (χ1n) is 5.18. The predicted molar refractivity (Wildman–Crippen MR) is 64.8 cm³/mol. The van der Waals surface area contributed by atoms with Gasteiger partial charge in [0.05, 0.1) is 20.3 Å². The van der Waals surface area contributed by atoms with Gasteiger partial charge in [-0.15, -0.1) is 6.42 Å². The average molecular weight is 219 g/mol. The van der Waals surface area contributed by atoms with Gasteiger partial charge >= 0.3 is 0 Å². The monoisotopic (exact) mass is 219 g/mol. The van der Waals surface area contributed by atoms with Crippen molar-refractivity contribution in [3.63, 3.8) is 0 Å². The van der Waals surface area contributed by atoms with Gasteiger partial charge in [-0.2, -0.15) is 0 Å². The van der Waals surface area contributed by atoms with Gasteiger partial charge in [-0.25, -0.2) is 0 Å². The van der Waals surface area contributed by atoms with Gasteiger partial charge in [0.25, 0.3) is 0 Å². The van der Waals surface area contributed by atoms with E-state index in [2.05, 4.69) is 11.2 Å². The average Bonchev–Trinajstić information content (AvgIpc) is 2.35. The van der Waals surface area contributed by atoms with Gasteiger partial charge in [-0.3, -0.25) is 0 Å². The molecule has 0 aromatic heterocycles. The molecular formula is C13H17NO2. The van der Waals surface area contributed by atoms with Crippen molar-refractivity contribution in [3.05, 3.63) is 23.8 Å². The fourth-order valence-electron chi connectivity index (χ4n) is 1.52. The molecular weight excluding hydrogens is 202 g/mol. The van der Waals surface area contributed by atoms with Gasteiger partial charge in [0.1, 0.15) is 11.5 Å². The van der Waals surface area contributed by atoms with Crippen molar-refractivity contribution in [3.8, 4) is 23.8 Å². The minimum absolute atomic E-state index is 0.133. The number of hydrogen-bond donors (Lipinski definition) is 1. The van der Waals surface area contributed by atoms with Crippen molar-refractivity contribution in [1.29, 1.82) is 0 Å². The zero-order chi connectivity index (χ0) is 12.0. The molecule has 3 heteroatoms. The highest BCUT2D eigenvalue weighted by molar-refractivity contribution is 5.44. The summed E-state index contributed by atoms with van der Waals surface area (Å²) in [4.78, 5) is 0. The molecule has 0 aliphatic rings. The van der Waals surface area contributed by atoms with E-state index in [1.807, 2.05) is 25.1 Å². The Morgan fingerprint density at radius 1 is 1.38 bits per heavy atom. The van der Waals surface area contributed by atoms with Crippen LogP contribution in [0.4, 0.5) is 0 Å². The molecule has 0 radical (unpaired) electrons. The summed E-state index contributed by atoms with van der Waals surface area (Å²) in [5.41, 5.74) is 0.952. The molecule has 1 N–H and O–H groups in total. The van der Waals surface area contributed by atoms with Crippen LogP contribution in [0.3, 0.4) is 0 Å². The second-order valence-corrected chi connectivity index (χ2v) is 3.27. The van der Waals surface area contributed by atoms with E-state index in [0.717, 1.165) is 23.6 Å². The third-order valence-electron chi connectivity index (χ3n) is 2.33. The highest BCUT2D eigenvalue weighted by Crippen LogP contribution is 2.29. The van der Waals surface area contributed by atoms with Crippen LogP contribution in [0, 0.1) is 12.3 Å². The molecule has 86 valence electrons. The second kappa shape index (κ2) is 6.04. The third kappa shape index (κ3) is 2.68. The number of benzene rings is 1. The van der Waals surface area contributed by atoms with Gasteiger partial charge < -0.3 is 14.8 Å². The summed E-state index contributed by atoms with van der Waals surface area (Å²) < 4.78 is 10.4. The Hall–Kier alpha value is -1.66. The van der Waals surface area contributed by atoms with E-state index < -0.39 is 0 Å². The van der Waals surface area contributed by atoms with E-state index in [0.29, 0.717) is 0 Å². The molecule has 0 spiro atoms. The predicted octanol–water partition coefficient (Wildman–Crippen LogP) is 1.99. The molecule has 1 atom stereocenters. The topological polar surface area (TPSA) is 30.5 Å². The van der Waals surface area contributed by atoms with Crippen LogP contribution in [0.15, 0.2) is 18.2 Å². The van der Waals surface area contributed by atoms with Crippen molar-refractivity contribution in [2.75, 3.05) is 20.8 Å². The van der Waals surface area contributed by atoms with Crippen LogP contribution < -0.4 is 14.8 Å². The second-order valence-electron chi connectivity index (χ2n) is 3.27. The Labute approximate surface area is 96.8 Å². The number of rotatable bonds is 5. The molecule has 0 heterocycles. The highest BCUT2D eigenvalue weighted by atomic mass is 16.5. The van der Waals surface area contributed by atoms with Gasteiger partial charge in [0, 0.05) is 11.6 Å². The summed E-state index contributed by atoms with van der Waals surface area (Å²) in [7, 11) is 3.25. The quantitative estimate of drug-likeness (QED) is 0.768. The molecule has 0 fully saturated rings. The smallest absolute Gasteiger partial charge is 0.128 e. The van der Waals surface area contributed by atoms with Crippen LogP contribution in [0.1, 0.15) is 18.5 Å². The summed E-state index contributed by atoms with van der Waals surface area (Å²) in [6.45, 7) is 2.82. The third-order valence-corrected chi connectivity index (χ3v) is 2.33. The number of terminal acetylenes is 1. The van der Waals surface area contributed by atoms with Crippen LogP contribution in [0.25, 0.3) is 0 Å². The number of hydrogen-bond acceptors (Lipinski definition) is 3. The number of nitrogens with one attached hydrogen (secondary N) is 1. The Morgan fingerprint density at radius 3 is 2.62 bits per heavy atom. The lowest BCUT2D eigenvalue weighted by Crippen LogP contribution is -2.19. The van der Waals surface area contributed by atoms with Gasteiger partial charge in [0.2, 0.25) is 0 Å². The minimum Gasteiger partial charge on any atom is -0.497 e. The first-order chi connectivity index (χ1) is 7.76. The van der Waals surface area contributed by atoms with Crippen LogP contribution in [0.2, 0.25) is 0 Å². The molecule has 0 saturated heterocycles. The SMILES string of the molecule is C#CC(NCC)c1ccc(OC)cc1OC. The molecule has 1 aromatic rings. The molecule has 1 rings (SSSR count). The van der Waals surface area contributed by atoms with E-state index in [-0.39, 0.29) is 6.04 Å². The van der Waals surface area contributed by atoms with Crippen molar-refractivity contribution < 1.29 is 9.47 Å². The van der Waals surface area contributed by atoms with E-state index in [1.165, 1.54) is 0 Å². The summed E-state index contributed by atoms with van der Waals surface area (Å²) in [5.74, 6) is 4.20. The zero-order valence-corrected chi connectivity index (χ0v) is 9.91. The molecule has 3 nitrogen and oxygen atoms in total. The molecule has 0 saturated carbocycles. The normalized spacial score (nSPS) is 11.6. The van der Waals surface area contributed by atoms with Crippen molar-refractivity contribution >= 4 is 0 Å². The summed E-state index contributed by atoms with van der Waals surface area (Å²) in [6, 6.07) is 5.49. The van der Waals surface area contributed by atoms with Crippen LogP contribution >= 0.6 is 0 Å². The lowest BCUT2D eigenvalue weighted by Gasteiger charge is -2.16. The first-order valence-corrected chi connectivity index (χ1v) is 5.18. The molecule has 1 unspecified atom stereocenters. The van der Waals surface area contributed by atoms with E-state index >= 15 is 0 Å². The van der Waals surface area contributed by atoms with Crippen molar-refractivity contribution in [2.45, 2.75) is 13.0 Å². The van der Waals surface area contributed by atoms with Gasteiger partial charge in [0.15, 0.2) is 0 Å². The Morgan fingerprint density at radius 2 is 2.12 bits per heavy atom. The molecule has 16 heavy (non-hydrogen) atoms. The van der Waals surface area contributed by atoms with E-state index in [9.17, 15) is 0 Å². The highest BCUT2D eigenvalue weighted by Gasteiger charge is 2.13. The fourth-order valence-corrected chi connectivity index (χ4v) is 1.52. The standard InChI is InChI=1S/C13H17NO2/c1-5-12(14-6-2)11-8-7-10(15-3)9-13(11)16-4/h1,7-9,12,14H,6H2,2-4H3. The number of ether oxygens (including phenoxy) is 2. The molecule has 1 aromatic carbocycles.